The van der Waals surface area contributed by atoms with Gasteiger partial charge in [-0.1, -0.05) is 15.9 Å². The first-order chi connectivity index (χ1) is 8.97. The molecule has 0 unspecified atom stereocenters. The van der Waals surface area contributed by atoms with E-state index in [4.69, 9.17) is 0 Å². The van der Waals surface area contributed by atoms with E-state index in [0.717, 1.165) is 10.2 Å². The number of nitrogens with one attached hydrogen (secondary N) is 1. The highest BCUT2D eigenvalue weighted by atomic mass is 79.9. The summed E-state index contributed by atoms with van der Waals surface area (Å²) in [6, 6.07) is 6.30. The molecule has 100 valence electrons. The van der Waals surface area contributed by atoms with Crippen LogP contribution in [0.2, 0.25) is 0 Å². The summed E-state index contributed by atoms with van der Waals surface area (Å²) in [5.41, 5.74) is 1.64. The van der Waals surface area contributed by atoms with Crippen molar-refractivity contribution in [2.45, 2.75) is 13.5 Å². The van der Waals surface area contributed by atoms with Crippen LogP contribution in [0.3, 0.4) is 0 Å². The number of carbonyl (C=O) groups is 1. The van der Waals surface area contributed by atoms with E-state index in [0.29, 0.717) is 11.3 Å². The van der Waals surface area contributed by atoms with Gasteiger partial charge in [0.1, 0.15) is 11.5 Å². The number of nitrogens with zero attached hydrogens (tertiary/aromatic N) is 2. The van der Waals surface area contributed by atoms with Crippen LogP contribution in [-0.4, -0.2) is 15.7 Å². The van der Waals surface area contributed by atoms with Gasteiger partial charge in [0, 0.05) is 29.3 Å². The summed E-state index contributed by atoms with van der Waals surface area (Å²) in [6.45, 7) is 1.98. The van der Waals surface area contributed by atoms with E-state index in [1.807, 2.05) is 6.92 Å². The fraction of sp³-hybridized carbons (Fsp3) is 0.231. The van der Waals surface area contributed by atoms with Crippen molar-refractivity contribution in [3.05, 3.63) is 51.5 Å². The van der Waals surface area contributed by atoms with Crippen LogP contribution in [0.5, 0.6) is 0 Å². The highest BCUT2D eigenvalue weighted by Gasteiger charge is 2.11. The minimum Gasteiger partial charge on any atom is -0.346 e. The first-order valence-corrected chi connectivity index (χ1v) is 6.49. The maximum atomic E-state index is 13.5. The van der Waals surface area contributed by atoms with Crippen molar-refractivity contribution in [1.29, 1.82) is 0 Å². The molecule has 0 saturated carbocycles. The zero-order valence-electron chi connectivity index (χ0n) is 10.6. The van der Waals surface area contributed by atoms with E-state index in [9.17, 15) is 9.18 Å². The van der Waals surface area contributed by atoms with E-state index in [1.54, 1.807) is 29.9 Å². The molecule has 2 rings (SSSR count). The maximum absolute atomic E-state index is 13.5. The summed E-state index contributed by atoms with van der Waals surface area (Å²) in [7, 11) is 1.76. The van der Waals surface area contributed by atoms with Crippen LogP contribution >= 0.6 is 15.9 Å². The second-order valence-electron chi connectivity index (χ2n) is 4.21. The number of carbonyl (C=O) groups excluding carboxylic acids is 1. The summed E-state index contributed by atoms with van der Waals surface area (Å²) in [4.78, 5) is 11.9. The van der Waals surface area contributed by atoms with E-state index >= 15 is 0 Å². The van der Waals surface area contributed by atoms with Gasteiger partial charge < -0.3 is 5.32 Å². The average molecular weight is 326 g/mol. The van der Waals surface area contributed by atoms with E-state index < -0.39 is 0 Å². The Balaban J connectivity index is 2.06. The first kappa shape index (κ1) is 13.7. The number of aryl methyl sites for hydroxylation is 2. The number of benzene rings is 1. The fourth-order valence-electron chi connectivity index (χ4n) is 1.62. The van der Waals surface area contributed by atoms with Gasteiger partial charge in [0.05, 0.1) is 0 Å². The molecule has 1 N–H and O–H groups in total. The van der Waals surface area contributed by atoms with Crippen LogP contribution in [0.15, 0.2) is 28.7 Å². The molecule has 0 bridgehead atoms. The van der Waals surface area contributed by atoms with Crippen LogP contribution in [0, 0.1) is 12.7 Å². The molecule has 0 fully saturated rings. The molecule has 1 amide bonds. The van der Waals surface area contributed by atoms with Crippen molar-refractivity contribution >= 4 is 21.8 Å². The first-order valence-electron chi connectivity index (χ1n) is 5.70. The maximum Gasteiger partial charge on any atom is 0.272 e. The molecule has 0 aliphatic heterocycles. The van der Waals surface area contributed by atoms with Gasteiger partial charge in [-0.15, -0.1) is 0 Å². The minimum atomic E-state index is -0.347. The quantitative estimate of drug-likeness (QED) is 0.942. The second-order valence-corrected chi connectivity index (χ2v) is 5.13. The average Bonchev–Trinajstić information content (AvgIpc) is 2.70. The van der Waals surface area contributed by atoms with Gasteiger partial charge in [0.25, 0.3) is 5.91 Å². The molecule has 0 aliphatic rings. The number of halogens is 2. The molecule has 2 aromatic rings. The molecule has 1 aromatic carbocycles. The predicted molar refractivity (Wildman–Crippen MR) is 73.2 cm³/mol. The monoisotopic (exact) mass is 325 g/mol. The topological polar surface area (TPSA) is 46.9 Å². The van der Waals surface area contributed by atoms with Gasteiger partial charge in [-0.2, -0.15) is 5.10 Å². The van der Waals surface area contributed by atoms with Crippen LogP contribution in [0.4, 0.5) is 4.39 Å². The third-order valence-corrected chi connectivity index (χ3v) is 3.29. The van der Waals surface area contributed by atoms with Crippen molar-refractivity contribution < 1.29 is 9.18 Å². The highest BCUT2D eigenvalue weighted by Crippen LogP contribution is 2.15. The van der Waals surface area contributed by atoms with Crippen LogP contribution in [-0.2, 0) is 13.6 Å². The molecular formula is C13H13BrFN3O. The largest absolute Gasteiger partial charge is 0.346 e. The molecule has 1 aromatic heterocycles. The van der Waals surface area contributed by atoms with E-state index in [1.165, 1.54) is 6.07 Å². The lowest BCUT2D eigenvalue weighted by Crippen LogP contribution is -2.23. The number of hydrogen-bond acceptors (Lipinski definition) is 2. The lowest BCUT2D eigenvalue weighted by molar-refractivity contribution is 0.0945. The van der Waals surface area contributed by atoms with Crippen molar-refractivity contribution in [2.24, 2.45) is 7.05 Å². The van der Waals surface area contributed by atoms with Crippen molar-refractivity contribution in [3.63, 3.8) is 0 Å². The van der Waals surface area contributed by atoms with Crippen molar-refractivity contribution in [2.75, 3.05) is 0 Å². The molecule has 4 nitrogen and oxygen atoms in total. The van der Waals surface area contributed by atoms with Gasteiger partial charge in [-0.05, 0) is 31.2 Å². The third-order valence-electron chi connectivity index (χ3n) is 2.79. The summed E-state index contributed by atoms with van der Waals surface area (Å²) in [5.74, 6) is -0.663. The number of rotatable bonds is 3. The van der Waals surface area contributed by atoms with E-state index in [2.05, 4.69) is 26.3 Å². The van der Waals surface area contributed by atoms with Crippen LogP contribution in [0.1, 0.15) is 21.7 Å². The lowest BCUT2D eigenvalue weighted by Gasteiger charge is -2.05. The van der Waals surface area contributed by atoms with Gasteiger partial charge in [-0.3, -0.25) is 9.48 Å². The van der Waals surface area contributed by atoms with Crippen molar-refractivity contribution in [1.82, 2.24) is 15.1 Å². The zero-order valence-corrected chi connectivity index (χ0v) is 12.2. The van der Waals surface area contributed by atoms with Gasteiger partial charge >= 0.3 is 0 Å². The molecule has 1 heterocycles. The Morgan fingerprint density at radius 2 is 2.21 bits per heavy atom. The Kier molecular flexibility index (Phi) is 3.99. The molecule has 0 aliphatic carbocycles. The Morgan fingerprint density at radius 1 is 1.47 bits per heavy atom. The third kappa shape index (κ3) is 3.20. The zero-order chi connectivity index (χ0) is 14.0. The second kappa shape index (κ2) is 5.52. The Hall–Kier alpha value is -1.69. The standard InChI is InChI=1S/C13H13BrFN3O/c1-8-5-12(17-18(8)2)13(19)16-7-9-6-10(14)3-4-11(9)15/h3-6H,7H2,1-2H3,(H,16,19). The smallest absolute Gasteiger partial charge is 0.272 e. The van der Waals surface area contributed by atoms with Crippen molar-refractivity contribution in [3.8, 4) is 0 Å². The van der Waals surface area contributed by atoms with E-state index in [-0.39, 0.29) is 18.3 Å². The lowest BCUT2D eigenvalue weighted by atomic mass is 10.2. The van der Waals surface area contributed by atoms with Gasteiger partial charge in [0.2, 0.25) is 0 Å². The van der Waals surface area contributed by atoms with Gasteiger partial charge in [0.15, 0.2) is 0 Å². The highest BCUT2D eigenvalue weighted by molar-refractivity contribution is 9.10. The molecule has 0 atom stereocenters. The van der Waals surface area contributed by atoms with Crippen LogP contribution in [0.25, 0.3) is 0 Å². The molecule has 0 radical (unpaired) electrons. The molecular weight excluding hydrogens is 313 g/mol. The Morgan fingerprint density at radius 3 is 2.84 bits per heavy atom. The van der Waals surface area contributed by atoms with Gasteiger partial charge in [-0.25, -0.2) is 4.39 Å². The van der Waals surface area contributed by atoms with Crippen LogP contribution < -0.4 is 5.32 Å². The summed E-state index contributed by atoms with van der Waals surface area (Å²) < 4.78 is 15.9. The molecule has 0 spiro atoms. The summed E-state index contributed by atoms with van der Waals surface area (Å²) in [6.07, 6.45) is 0. The molecule has 6 heteroatoms. The Bertz CT molecular complexity index is 605. The number of amides is 1. The summed E-state index contributed by atoms with van der Waals surface area (Å²) in [5, 5.41) is 6.71. The Labute approximate surface area is 118 Å². The normalized spacial score (nSPS) is 10.5. The minimum absolute atomic E-state index is 0.125. The predicted octanol–water partition coefficient (Wildman–Crippen LogP) is 2.56. The SMILES string of the molecule is Cc1cc(C(=O)NCc2cc(Br)ccc2F)nn1C. The number of hydrogen-bond donors (Lipinski definition) is 1. The number of aromatic nitrogens is 2. The summed E-state index contributed by atoms with van der Waals surface area (Å²) >= 11 is 3.27. The molecule has 19 heavy (non-hydrogen) atoms. The molecule has 0 saturated heterocycles. The fourth-order valence-corrected chi connectivity index (χ4v) is 2.02.